The summed E-state index contributed by atoms with van der Waals surface area (Å²) in [6, 6.07) is 12.6. The number of amides is 2. The summed E-state index contributed by atoms with van der Waals surface area (Å²) in [5.74, 6) is 0.548. The predicted octanol–water partition coefficient (Wildman–Crippen LogP) is 3.34. The average molecular weight is 526 g/mol. The topological polar surface area (TPSA) is 101 Å². The van der Waals surface area contributed by atoms with Crippen LogP contribution < -0.4 is 4.74 Å². The van der Waals surface area contributed by atoms with Crippen molar-refractivity contribution in [2.45, 2.75) is 24.3 Å². The van der Waals surface area contributed by atoms with Crippen LogP contribution in [0.4, 0.5) is 0 Å². The van der Waals surface area contributed by atoms with Crippen LogP contribution in [0.2, 0.25) is 0 Å². The van der Waals surface area contributed by atoms with E-state index in [2.05, 4.69) is 20.6 Å². The summed E-state index contributed by atoms with van der Waals surface area (Å²) < 4.78 is 7.60. The van der Waals surface area contributed by atoms with Crippen LogP contribution in [0, 0.1) is 0 Å². The van der Waals surface area contributed by atoms with Crippen LogP contribution in [-0.2, 0) is 12.5 Å². The number of methoxy groups -OCH3 is 1. The maximum absolute atomic E-state index is 13.9. The number of carbonyl (C=O) groups is 2. The molecule has 200 valence electrons. The zero-order chi connectivity index (χ0) is 27.1. The molecule has 2 aliphatic rings. The highest BCUT2D eigenvalue weighted by Crippen LogP contribution is 2.50. The number of aliphatic hydroxyl groups is 1. The van der Waals surface area contributed by atoms with Crippen LogP contribution in [0.5, 0.6) is 5.75 Å². The lowest BCUT2D eigenvalue weighted by Gasteiger charge is -2.50. The highest BCUT2D eigenvalue weighted by atomic mass is 16.5. The van der Waals surface area contributed by atoms with Gasteiger partial charge in [-0.2, -0.15) is 0 Å². The summed E-state index contributed by atoms with van der Waals surface area (Å²) in [4.78, 5) is 39.0. The van der Waals surface area contributed by atoms with Crippen molar-refractivity contribution in [2.24, 2.45) is 7.05 Å². The van der Waals surface area contributed by atoms with Gasteiger partial charge in [0.05, 0.1) is 36.4 Å². The molecule has 1 spiro atoms. The number of nitrogens with zero attached hydrogens (tertiary/aromatic N) is 5. The van der Waals surface area contributed by atoms with Gasteiger partial charge in [-0.15, -0.1) is 0 Å². The minimum atomic E-state index is -0.517. The molecule has 39 heavy (non-hydrogen) atoms. The Morgan fingerprint density at radius 3 is 2.28 bits per heavy atom. The predicted molar refractivity (Wildman–Crippen MR) is 146 cm³/mol. The van der Waals surface area contributed by atoms with Gasteiger partial charge in [-0.1, -0.05) is 0 Å². The molecule has 1 atom stereocenters. The van der Waals surface area contributed by atoms with Gasteiger partial charge in [-0.3, -0.25) is 19.6 Å². The van der Waals surface area contributed by atoms with E-state index in [0.717, 1.165) is 27.9 Å². The lowest BCUT2D eigenvalue weighted by molar-refractivity contribution is 0.0317. The van der Waals surface area contributed by atoms with E-state index in [-0.39, 0.29) is 18.4 Å². The van der Waals surface area contributed by atoms with Crippen molar-refractivity contribution in [3.05, 3.63) is 89.6 Å². The fraction of sp³-hybridized carbons (Fsp3) is 0.333. The number of hydrogen-bond donors (Lipinski definition) is 1. The molecule has 0 radical (unpaired) electrons. The molecule has 2 aliphatic heterocycles. The van der Waals surface area contributed by atoms with Crippen LogP contribution in [0.25, 0.3) is 10.9 Å². The Hall–Kier alpha value is -4.24. The van der Waals surface area contributed by atoms with Gasteiger partial charge in [0.2, 0.25) is 0 Å². The molecule has 1 aromatic carbocycles. The monoisotopic (exact) mass is 525 g/mol. The lowest BCUT2D eigenvalue weighted by Crippen LogP contribution is -2.56. The molecular formula is C30H31N5O4. The zero-order valence-electron chi connectivity index (χ0n) is 22.1. The molecule has 2 amide bonds. The van der Waals surface area contributed by atoms with Gasteiger partial charge in [-0.25, -0.2) is 0 Å². The number of aromatic nitrogens is 3. The van der Waals surface area contributed by atoms with Gasteiger partial charge in [0, 0.05) is 74.0 Å². The van der Waals surface area contributed by atoms with Gasteiger partial charge in [0.1, 0.15) is 5.75 Å². The van der Waals surface area contributed by atoms with Crippen molar-refractivity contribution in [2.75, 3.05) is 33.4 Å². The Kier molecular flexibility index (Phi) is 6.31. The average Bonchev–Trinajstić information content (AvgIpc) is 3.30. The van der Waals surface area contributed by atoms with Gasteiger partial charge in [-0.05, 0) is 54.8 Å². The van der Waals surface area contributed by atoms with Crippen molar-refractivity contribution >= 4 is 22.7 Å². The van der Waals surface area contributed by atoms with Crippen molar-refractivity contribution in [1.82, 2.24) is 24.3 Å². The smallest absolute Gasteiger partial charge is 0.256 e. The third-order valence-corrected chi connectivity index (χ3v) is 8.41. The second-order valence-corrected chi connectivity index (χ2v) is 10.4. The molecule has 0 bridgehead atoms. The van der Waals surface area contributed by atoms with Crippen LogP contribution in [0.15, 0.2) is 67.3 Å². The summed E-state index contributed by atoms with van der Waals surface area (Å²) >= 11 is 0. The Morgan fingerprint density at radius 1 is 1.03 bits per heavy atom. The number of rotatable bonds is 4. The second-order valence-electron chi connectivity index (χ2n) is 10.4. The van der Waals surface area contributed by atoms with E-state index >= 15 is 0 Å². The van der Waals surface area contributed by atoms with E-state index in [1.165, 1.54) is 0 Å². The van der Waals surface area contributed by atoms with Crippen LogP contribution in [0.3, 0.4) is 0 Å². The lowest BCUT2D eigenvalue weighted by atomic mass is 9.68. The molecule has 6 rings (SSSR count). The minimum absolute atomic E-state index is 0.0341. The van der Waals surface area contributed by atoms with E-state index in [0.29, 0.717) is 43.6 Å². The molecule has 1 fully saturated rings. The summed E-state index contributed by atoms with van der Waals surface area (Å²) in [5.41, 5.74) is 3.74. The molecule has 9 nitrogen and oxygen atoms in total. The number of hydrogen-bond acceptors (Lipinski definition) is 6. The number of pyridine rings is 2. The van der Waals surface area contributed by atoms with Crippen molar-refractivity contribution in [3.8, 4) is 5.75 Å². The molecule has 1 saturated heterocycles. The van der Waals surface area contributed by atoms with E-state index in [4.69, 9.17) is 4.74 Å². The second kappa shape index (κ2) is 9.81. The van der Waals surface area contributed by atoms with Crippen LogP contribution in [-0.4, -0.2) is 74.6 Å². The summed E-state index contributed by atoms with van der Waals surface area (Å²) in [5, 5.41) is 11.8. The third kappa shape index (κ3) is 4.04. The molecular weight excluding hydrogens is 494 g/mol. The first-order valence-electron chi connectivity index (χ1n) is 13.2. The molecule has 1 N–H and O–H groups in total. The first-order valence-corrected chi connectivity index (χ1v) is 13.2. The minimum Gasteiger partial charge on any atom is -0.497 e. The van der Waals surface area contributed by atoms with Gasteiger partial charge < -0.3 is 24.2 Å². The Labute approximate surface area is 226 Å². The maximum atomic E-state index is 13.9. The number of benzene rings is 1. The fourth-order valence-corrected chi connectivity index (χ4v) is 6.44. The zero-order valence-corrected chi connectivity index (χ0v) is 22.1. The number of aryl methyl sites for hydroxylation is 1. The van der Waals surface area contributed by atoms with E-state index < -0.39 is 11.5 Å². The van der Waals surface area contributed by atoms with Gasteiger partial charge >= 0.3 is 0 Å². The molecule has 0 unspecified atom stereocenters. The Bertz CT molecular complexity index is 1530. The molecule has 0 saturated carbocycles. The van der Waals surface area contributed by atoms with Crippen LogP contribution >= 0.6 is 0 Å². The van der Waals surface area contributed by atoms with Gasteiger partial charge in [0.25, 0.3) is 11.8 Å². The number of carbonyl (C=O) groups excluding carboxylic acids is 2. The first-order chi connectivity index (χ1) is 19.0. The van der Waals surface area contributed by atoms with Gasteiger partial charge in [0.15, 0.2) is 0 Å². The molecule has 4 aromatic rings. The number of piperidine rings is 1. The summed E-state index contributed by atoms with van der Waals surface area (Å²) in [6.45, 7) is 1.35. The van der Waals surface area contributed by atoms with Crippen molar-refractivity contribution in [3.63, 3.8) is 0 Å². The Balaban J connectivity index is 1.45. The molecule has 3 aromatic heterocycles. The largest absolute Gasteiger partial charge is 0.497 e. The molecule has 9 heteroatoms. The van der Waals surface area contributed by atoms with E-state index in [1.807, 2.05) is 24.1 Å². The summed E-state index contributed by atoms with van der Waals surface area (Å²) in [6.07, 6.45) is 7.84. The Morgan fingerprint density at radius 2 is 1.69 bits per heavy atom. The number of aliphatic hydroxyl groups excluding tert-OH is 1. The summed E-state index contributed by atoms with van der Waals surface area (Å²) in [7, 11) is 3.63. The normalized spacial score (nSPS) is 18.3. The van der Waals surface area contributed by atoms with E-state index in [1.54, 1.807) is 61.1 Å². The molecule has 5 heterocycles. The standard InChI is InChI=1S/C30H31N5O4/c1-33-24-15-22(39-2)7-8-23(24)26-27(33)25(18-36)35(29(38)21-6-4-12-32-17-21)19-30(26)9-13-34(14-10-30)28(37)20-5-3-11-31-16-20/h3-8,11-12,15-17,25,36H,9-10,13-14,18-19H2,1-2H3/t25-/m0/s1. The first kappa shape index (κ1) is 25.1. The quantitative estimate of drug-likeness (QED) is 0.439. The fourth-order valence-electron chi connectivity index (χ4n) is 6.44. The van der Waals surface area contributed by atoms with Crippen LogP contribution in [0.1, 0.15) is 50.9 Å². The SMILES string of the molecule is COc1ccc2c3c(n(C)c2c1)[C@H](CO)N(C(=O)c1cccnc1)CC31CCN(C(=O)c2cccnc2)CC1. The number of likely N-dealkylation sites (tertiary alicyclic amines) is 1. The van der Waals surface area contributed by atoms with Crippen molar-refractivity contribution in [1.29, 1.82) is 0 Å². The number of ether oxygens (including phenoxy) is 1. The molecule has 0 aliphatic carbocycles. The van der Waals surface area contributed by atoms with Crippen molar-refractivity contribution < 1.29 is 19.4 Å². The maximum Gasteiger partial charge on any atom is 0.256 e. The number of fused-ring (bicyclic) bond motifs is 4. The third-order valence-electron chi connectivity index (χ3n) is 8.41. The highest BCUT2D eigenvalue weighted by molar-refractivity contribution is 5.96. The highest BCUT2D eigenvalue weighted by Gasteiger charge is 2.50. The van der Waals surface area contributed by atoms with E-state index in [9.17, 15) is 14.7 Å².